The molecule has 4 N–H and O–H groups in total. The molecule has 1 atom stereocenters. The Hall–Kier alpha value is -1.96. The third-order valence-electron chi connectivity index (χ3n) is 2.61. The monoisotopic (exact) mass is 280 g/mol. The van der Waals surface area contributed by atoms with Gasteiger partial charge in [0, 0.05) is 4.88 Å². The van der Waals surface area contributed by atoms with E-state index in [-0.39, 0.29) is 18.4 Å². The molecule has 2 rings (SSSR count). The highest BCUT2D eigenvalue weighted by atomic mass is 32.1. The van der Waals surface area contributed by atoms with Crippen molar-refractivity contribution in [2.45, 2.75) is 33.2 Å². The highest BCUT2D eigenvalue weighted by molar-refractivity contribution is 7.15. The van der Waals surface area contributed by atoms with Crippen LogP contribution in [0.5, 0.6) is 0 Å². The predicted octanol–water partition coefficient (Wildman–Crippen LogP) is 0.880. The normalized spacial score (nSPS) is 12.4. The van der Waals surface area contributed by atoms with Crippen LogP contribution in [0.15, 0.2) is 0 Å². The number of nitrogens with one attached hydrogen (secondary N) is 2. The second-order valence-corrected chi connectivity index (χ2v) is 5.42. The Labute approximate surface area is 114 Å². The number of amides is 1. The molecule has 0 radical (unpaired) electrons. The Morgan fingerprint density at radius 3 is 2.74 bits per heavy atom. The minimum atomic E-state index is -0.233. The predicted molar refractivity (Wildman–Crippen MR) is 72.6 cm³/mol. The largest absolute Gasteiger partial charge is 0.375 e. The second-order valence-electron chi connectivity index (χ2n) is 4.31. The average Bonchev–Trinajstić information content (AvgIpc) is 2.86. The topological polar surface area (TPSA) is 110 Å². The maximum Gasteiger partial charge on any atom is 0.225 e. The number of nitrogen functional groups attached to an aromatic ring is 1. The molecule has 7 nitrogen and oxygen atoms in total. The zero-order chi connectivity index (χ0) is 14.0. The van der Waals surface area contributed by atoms with E-state index in [0.29, 0.717) is 11.0 Å². The highest BCUT2D eigenvalue weighted by Gasteiger charge is 2.16. The first-order valence-corrected chi connectivity index (χ1v) is 6.67. The van der Waals surface area contributed by atoms with Crippen LogP contribution in [0, 0.1) is 13.8 Å². The molecule has 0 saturated carbocycles. The van der Waals surface area contributed by atoms with Gasteiger partial charge in [0.05, 0.1) is 18.2 Å². The van der Waals surface area contributed by atoms with Gasteiger partial charge in [-0.3, -0.25) is 9.89 Å². The van der Waals surface area contributed by atoms with E-state index < -0.39 is 0 Å². The van der Waals surface area contributed by atoms with Crippen molar-refractivity contribution in [2.24, 2.45) is 0 Å². The number of carbonyl (C=O) groups excluding carboxylic acids is 1. The summed E-state index contributed by atoms with van der Waals surface area (Å²) in [5.41, 5.74) is 6.41. The molecular formula is C11H16N6OS. The number of nitrogens with two attached hydrogens (primary N) is 1. The van der Waals surface area contributed by atoms with Gasteiger partial charge in [-0.15, -0.1) is 11.3 Å². The Morgan fingerprint density at radius 1 is 1.47 bits per heavy atom. The Kier molecular flexibility index (Phi) is 3.79. The van der Waals surface area contributed by atoms with Crippen LogP contribution in [0.1, 0.15) is 35.2 Å². The average molecular weight is 280 g/mol. The first-order chi connectivity index (χ1) is 8.95. The van der Waals surface area contributed by atoms with Crippen LogP contribution in [-0.2, 0) is 11.2 Å². The van der Waals surface area contributed by atoms with E-state index in [9.17, 15) is 4.79 Å². The van der Waals surface area contributed by atoms with Crippen molar-refractivity contribution in [2.75, 3.05) is 5.73 Å². The molecule has 19 heavy (non-hydrogen) atoms. The summed E-state index contributed by atoms with van der Waals surface area (Å²) in [6, 6.07) is -0.233. The molecule has 2 aromatic rings. The van der Waals surface area contributed by atoms with Gasteiger partial charge in [-0.05, 0) is 20.8 Å². The molecule has 0 aliphatic heterocycles. The summed E-state index contributed by atoms with van der Waals surface area (Å²) >= 11 is 1.34. The maximum absolute atomic E-state index is 11.9. The van der Waals surface area contributed by atoms with E-state index in [1.807, 2.05) is 20.8 Å². The van der Waals surface area contributed by atoms with E-state index in [4.69, 9.17) is 5.73 Å². The van der Waals surface area contributed by atoms with Gasteiger partial charge in [-0.25, -0.2) is 9.97 Å². The number of thiazole rings is 1. The lowest BCUT2D eigenvalue weighted by atomic mass is 10.2. The number of aromatic nitrogens is 4. The molecule has 2 heterocycles. The third kappa shape index (κ3) is 3.28. The van der Waals surface area contributed by atoms with Gasteiger partial charge in [0.1, 0.15) is 5.82 Å². The Bertz CT molecular complexity index is 590. The minimum Gasteiger partial charge on any atom is -0.375 e. The van der Waals surface area contributed by atoms with Gasteiger partial charge in [-0.2, -0.15) is 5.10 Å². The molecule has 0 spiro atoms. The summed E-state index contributed by atoms with van der Waals surface area (Å²) in [5.74, 6) is 1.20. The van der Waals surface area contributed by atoms with Crippen molar-refractivity contribution >= 4 is 22.4 Å². The van der Waals surface area contributed by atoms with Gasteiger partial charge >= 0.3 is 0 Å². The summed E-state index contributed by atoms with van der Waals surface area (Å²) < 4.78 is 0. The molecule has 1 amide bonds. The lowest BCUT2D eigenvalue weighted by Gasteiger charge is -2.09. The lowest BCUT2D eigenvalue weighted by molar-refractivity contribution is -0.121. The fraction of sp³-hybridized carbons (Fsp3) is 0.455. The number of aryl methyl sites for hydroxylation is 2. The van der Waals surface area contributed by atoms with Gasteiger partial charge in [-0.1, -0.05) is 0 Å². The number of aromatic amines is 1. The van der Waals surface area contributed by atoms with Crippen molar-refractivity contribution in [3.8, 4) is 0 Å². The molecule has 0 aliphatic rings. The summed E-state index contributed by atoms with van der Waals surface area (Å²) in [6.07, 6.45) is 0.272. The van der Waals surface area contributed by atoms with E-state index in [1.54, 1.807) is 0 Å². The van der Waals surface area contributed by atoms with E-state index in [1.165, 1.54) is 11.3 Å². The van der Waals surface area contributed by atoms with E-state index in [0.717, 1.165) is 16.4 Å². The molecule has 0 bridgehead atoms. The molecule has 1 unspecified atom stereocenters. The van der Waals surface area contributed by atoms with Gasteiger partial charge in [0.15, 0.2) is 11.0 Å². The van der Waals surface area contributed by atoms with Crippen LogP contribution in [0.4, 0.5) is 5.13 Å². The third-order valence-corrected chi connectivity index (χ3v) is 3.60. The van der Waals surface area contributed by atoms with Gasteiger partial charge in [0.2, 0.25) is 5.91 Å². The first-order valence-electron chi connectivity index (χ1n) is 5.85. The number of nitrogens with zero attached hydrogens (tertiary/aromatic N) is 3. The fourth-order valence-corrected chi connectivity index (χ4v) is 2.50. The molecular weight excluding hydrogens is 264 g/mol. The zero-order valence-electron chi connectivity index (χ0n) is 11.0. The number of anilines is 1. The standard InChI is InChI=1S/C11H16N6OS/c1-5-8(19-11(12)14-5)4-9(18)13-6(2)10-15-7(3)16-17-10/h6H,4H2,1-3H3,(H2,12,14)(H,13,18)(H,15,16,17). The number of H-pyrrole nitrogens is 1. The minimum absolute atomic E-state index is 0.0956. The SMILES string of the molecule is Cc1nc(C(C)NC(=O)Cc2sc(N)nc2C)n[nH]1. The maximum atomic E-state index is 11.9. The lowest BCUT2D eigenvalue weighted by Crippen LogP contribution is -2.28. The van der Waals surface area contributed by atoms with Crippen LogP contribution in [0.25, 0.3) is 0 Å². The van der Waals surface area contributed by atoms with Crippen molar-refractivity contribution in [3.63, 3.8) is 0 Å². The van der Waals surface area contributed by atoms with Crippen molar-refractivity contribution in [3.05, 3.63) is 22.2 Å². The molecule has 2 aromatic heterocycles. The number of hydrogen-bond donors (Lipinski definition) is 3. The summed E-state index contributed by atoms with van der Waals surface area (Å²) in [4.78, 5) is 21.1. The van der Waals surface area contributed by atoms with Crippen molar-refractivity contribution < 1.29 is 4.79 Å². The van der Waals surface area contributed by atoms with Crippen molar-refractivity contribution in [1.29, 1.82) is 0 Å². The molecule has 0 fully saturated rings. The molecule has 102 valence electrons. The smallest absolute Gasteiger partial charge is 0.225 e. The fourth-order valence-electron chi connectivity index (χ4n) is 1.67. The number of rotatable bonds is 4. The van der Waals surface area contributed by atoms with Crippen LogP contribution in [0.3, 0.4) is 0 Å². The summed E-state index contributed by atoms with van der Waals surface area (Å²) in [5, 5.41) is 10.1. The number of hydrogen-bond acceptors (Lipinski definition) is 6. The quantitative estimate of drug-likeness (QED) is 0.770. The van der Waals surface area contributed by atoms with E-state index in [2.05, 4.69) is 25.5 Å². The summed E-state index contributed by atoms with van der Waals surface area (Å²) in [6.45, 7) is 5.50. The van der Waals surface area contributed by atoms with Gasteiger partial charge < -0.3 is 11.1 Å². The van der Waals surface area contributed by atoms with Crippen LogP contribution >= 0.6 is 11.3 Å². The first kappa shape index (κ1) is 13.5. The van der Waals surface area contributed by atoms with Crippen LogP contribution in [0.2, 0.25) is 0 Å². The molecule has 0 saturated heterocycles. The van der Waals surface area contributed by atoms with Crippen molar-refractivity contribution in [1.82, 2.24) is 25.5 Å². The summed E-state index contributed by atoms with van der Waals surface area (Å²) in [7, 11) is 0. The Morgan fingerprint density at radius 2 is 2.21 bits per heavy atom. The van der Waals surface area contributed by atoms with Gasteiger partial charge in [0.25, 0.3) is 0 Å². The number of carbonyl (C=O) groups is 1. The molecule has 0 aromatic carbocycles. The zero-order valence-corrected chi connectivity index (χ0v) is 11.8. The second kappa shape index (κ2) is 5.35. The Balaban J connectivity index is 1.96. The molecule has 0 aliphatic carbocycles. The van der Waals surface area contributed by atoms with E-state index >= 15 is 0 Å². The molecule has 8 heteroatoms. The van der Waals surface area contributed by atoms with Crippen LogP contribution < -0.4 is 11.1 Å². The highest BCUT2D eigenvalue weighted by Crippen LogP contribution is 2.20. The van der Waals surface area contributed by atoms with Crippen LogP contribution in [-0.4, -0.2) is 26.1 Å².